The predicted molar refractivity (Wildman–Crippen MR) is 62.1 cm³/mol. The van der Waals surface area contributed by atoms with Crippen molar-refractivity contribution in [3.63, 3.8) is 0 Å². The lowest BCUT2D eigenvalue weighted by atomic mass is 10.2. The molecule has 0 radical (unpaired) electrons. The van der Waals surface area contributed by atoms with Crippen LogP contribution in [-0.2, 0) is 0 Å². The van der Waals surface area contributed by atoms with Crippen molar-refractivity contribution in [2.75, 3.05) is 21.1 Å². The topological polar surface area (TPSA) is 3.24 Å². The SMILES string of the molecule is Br.CCCCC1C=C1.CN(C)C. The molecule has 0 fully saturated rings. The molecule has 2 heteroatoms. The highest BCUT2D eigenvalue weighted by molar-refractivity contribution is 8.93. The Morgan fingerprint density at radius 3 is 1.83 bits per heavy atom. The van der Waals surface area contributed by atoms with Gasteiger partial charge in [-0.2, -0.15) is 0 Å². The van der Waals surface area contributed by atoms with E-state index in [-0.39, 0.29) is 17.0 Å². The monoisotopic (exact) mass is 235 g/mol. The van der Waals surface area contributed by atoms with Gasteiger partial charge in [-0.15, -0.1) is 17.0 Å². The Morgan fingerprint density at radius 1 is 1.17 bits per heavy atom. The lowest BCUT2D eigenvalue weighted by Crippen LogP contribution is -1.99. The Balaban J connectivity index is 0. The minimum absolute atomic E-state index is 0. The van der Waals surface area contributed by atoms with Crippen molar-refractivity contribution in [1.82, 2.24) is 4.90 Å². The maximum Gasteiger partial charge on any atom is -0.00531 e. The number of rotatable bonds is 3. The molecule has 0 N–H and O–H groups in total. The van der Waals surface area contributed by atoms with Crippen LogP contribution in [0.4, 0.5) is 0 Å². The van der Waals surface area contributed by atoms with Gasteiger partial charge in [-0.1, -0.05) is 31.9 Å². The van der Waals surface area contributed by atoms with Gasteiger partial charge in [0.15, 0.2) is 0 Å². The maximum absolute atomic E-state index is 2.27. The fraction of sp³-hybridized carbons (Fsp3) is 0.800. The average molecular weight is 236 g/mol. The molecule has 0 saturated carbocycles. The Labute approximate surface area is 87.6 Å². The molecule has 0 aliphatic heterocycles. The molecule has 74 valence electrons. The molecule has 1 aliphatic carbocycles. The Bertz CT molecular complexity index is 102. The highest BCUT2D eigenvalue weighted by atomic mass is 79.9. The first-order chi connectivity index (χ1) is 5.16. The lowest BCUT2D eigenvalue weighted by molar-refractivity contribution is 0.505. The molecule has 0 aromatic heterocycles. The Hall–Kier alpha value is 0.180. The molecule has 1 rings (SSSR count). The van der Waals surface area contributed by atoms with Crippen LogP contribution in [0.5, 0.6) is 0 Å². The van der Waals surface area contributed by atoms with E-state index in [1.807, 2.05) is 26.0 Å². The zero-order valence-corrected chi connectivity index (χ0v) is 10.4. The van der Waals surface area contributed by atoms with Crippen LogP contribution in [0.2, 0.25) is 0 Å². The number of unbranched alkanes of at least 4 members (excludes halogenated alkanes) is 1. The van der Waals surface area contributed by atoms with Gasteiger partial charge in [0, 0.05) is 0 Å². The summed E-state index contributed by atoms with van der Waals surface area (Å²) in [4.78, 5) is 2.00. The molecular formula is C10H22BrN. The largest absolute Gasteiger partial charge is 0.312 e. The van der Waals surface area contributed by atoms with Crippen LogP contribution < -0.4 is 0 Å². The van der Waals surface area contributed by atoms with Crippen LogP contribution in [-0.4, -0.2) is 26.0 Å². The highest BCUT2D eigenvalue weighted by Gasteiger charge is 2.07. The molecule has 12 heavy (non-hydrogen) atoms. The lowest BCUT2D eigenvalue weighted by Gasteiger charge is -1.90. The molecule has 1 aliphatic rings. The molecule has 0 spiro atoms. The van der Waals surface area contributed by atoms with Crippen molar-refractivity contribution in [3.8, 4) is 0 Å². The highest BCUT2D eigenvalue weighted by Crippen LogP contribution is 2.21. The van der Waals surface area contributed by atoms with E-state index >= 15 is 0 Å². The van der Waals surface area contributed by atoms with Crippen molar-refractivity contribution in [2.24, 2.45) is 5.92 Å². The summed E-state index contributed by atoms with van der Waals surface area (Å²) in [7, 11) is 6.00. The minimum atomic E-state index is 0. The third kappa shape index (κ3) is 16.6. The molecule has 0 atom stereocenters. The number of hydrogen-bond donors (Lipinski definition) is 0. The summed E-state index contributed by atoms with van der Waals surface area (Å²) in [5.74, 6) is 0.903. The summed E-state index contributed by atoms with van der Waals surface area (Å²) in [6, 6.07) is 0. The standard InChI is InChI=1S/C7H12.C3H9N.BrH/c1-2-3-4-7-5-6-7;1-4(2)3;/h5-7H,2-4H2,1H3;1-3H3;1H. The fourth-order valence-electron chi connectivity index (χ4n) is 0.711. The Morgan fingerprint density at radius 2 is 1.58 bits per heavy atom. The zero-order chi connectivity index (χ0) is 8.69. The average Bonchev–Trinajstić information content (AvgIpc) is 2.64. The van der Waals surface area contributed by atoms with Crippen molar-refractivity contribution in [2.45, 2.75) is 26.2 Å². The first-order valence-electron chi connectivity index (χ1n) is 4.46. The molecular weight excluding hydrogens is 214 g/mol. The second-order valence-corrected chi connectivity index (χ2v) is 3.53. The van der Waals surface area contributed by atoms with E-state index in [9.17, 15) is 0 Å². The van der Waals surface area contributed by atoms with E-state index < -0.39 is 0 Å². The second-order valence-electron chi connectivity index (χ2n) is 3.53. The first-order valence-corrected chi connectivity index (χ1v) is 4.46. The van der Waals surface area contributed by atoms with Crippen molar-refractivity contribution in [1.29, 1.82) is 0 Å². The van der Waals surface area contributed by atoms with E-state index in [0.717, 1.165) is 5.92 Å². The summed E-state index contributed by atoms with van der Waals surface area (Å²) < 4.78 is 0. The van der Waals surface area contributed by atoms with Gasteiger partial charge < -0.3 is 4.90 Å². The van der Waals surface area contributed by atoms with E-state index in [2.05, 4.69) is 19.1 Å². The maximum atomic E-state index is 2.27. The quantitative estimate of drug-likeness (QED) is 0.680. The summed E-state index contributed by atoms with van der Waals surface area (Å²) in [6.07, 6.45) is 8.69. The smallest absolute Gasteiger partial charge is 0.00531 e. The molecule has 0 unspecified atom stereocenters. The summed E-state index contributed by atoms with van der Waals surface area (Å²) in [5, 5.41) is 0. The molecule has 0 saturated heterocycles. The minimum Gasteiger partial charge on any atom is -0.312 e. The van der Waals surface area contributed by atoms with Gasteiger partial charge in [-0.3, -0.25) is 0 Å². The fourth-order valence-corrected chi connectivity index (χ4v) is 0.711. The van der Waals surface area contributed by atoms with Crippen LogP contribution in [0.15, 0.2) is 12.2 Å². The van der Waals surface area contributed by atoms with Crippen LogP contribution in [0.25, 0.3) is 0 Å². The van der Waals surface area contributed by atoms with E-state index in [1.54, 1.807) is 0 Å². The summed E-state index contributed by atoms with van der Waals surface area (Å²) in [5.41, 5.74) is 0. The predicted octanol–water partition coefficient (Wildman–Crippen LogP) is 3.12. The molecule has 0 bridgehead atoms. The third-order valence-electron chi connectivity index (χ3n) is 1.36. The molecule has 0 aromatic carbocycles. The first kappa shape index (κ1) is 14.7. The van der Waals surface area contributed by atoms with Gasteiger partial charge in [-0.05, 0) is 33.5 Å². The Kier molecular flexibility index (Phi) is 11.3. The van der Waals surface area contributed by atoms with Gasteiger partial charge in [0.25, 0.3) is 0 Å². The van der Waals surface area contributed by atoms with Gasteiger partial charge >= 0.3 is 0 Å². The van der Waals surface area contributed by atoms with Crippen LogP contribution >= 0.6 is 17.0 Å². The normalized spacial score (nSPS) is 13.4. The van der Waals surface area contributed by atoms with E-state index in [4.69, 9.17) is 0 Å². The van der Waals surface area contributed by atoms with E-state index in [1.165, 1.54) is 19.3 Å². The number of halogens is 1. The number of nitrogens with zero attached hydrogens (tertiary/aromatic N) is 1. The summed E-state index contributed by atoms with van der Waals surface area (Å²) in [6.45, 7) is 2.24. The molecule has 0 aromatic rings. The van der Waals surface area contributed by atoms with Gasteiger partial charge in [0.05, 0.1) is 0 Å². The second kappa shape index (κ2) is 9.27. The van der Waals surface area contributed by atoms with Gasteiger partial charge in [-0.25, -0.2) is 0 Å². The molecule has 1 nitrogen and oxygen atoms in total. The van der Waals surface area contributed by atoms with Crippen LogP contribution in [0, 0.1) is 5.92 Å². The van der Waals surface area contributed by atoms with Gasteiger partial charge in [0.1, 0.15) is 0 Å². The zero-order valence-electron chi connectivity index (χ0n) is 8.71. The molecule has 0 amide bonds. The van der Waals surface area contributed by atoms with Crippen molar-refractivity contribution >= 4 is 17.0 Å². The van der Waals surface area contributed by atoms with E-state index in [0.29, 0.717) is 0 Å². The van der Waals surface area contributed by atoms with Crippen molar-refractivity contribution in [3.05, 3.63) is 12.2 Å². The van der Waals surface area contributed by atoms with Crippen LogP contribution in [0.1, 0.15) is 26.2 Å². The van der Waals surface area contributed by atoms with Gasteiger partial charge in [0.2, 0.25) is 0 Å². The molecule has 0 heterocycles. The summed E-state index contributed by atoms with van der Waals surface area (Å²) >= 11 is 0. The third-order valence-corrected chi connectivity index (χ3v) is 1.36. The van der Waals surface area contributed by atoms with Crippen molar-refractivity contribution < 1.29 is 0 Å². The number of hydrogen-bond acceptors (Lipinski definition) is 1. The van der Waals surface area contributed by atoms with Crippen LogP contribution in [0.3, 0.4) is 0 Å². The number of allylic oxidation sites excluding steroid dienone is 2.